The molecule has 0 aromatic carbocycles. The van der Waals surface area contributed by atoms with Gasteiger partial charge in [-0.25, -0.2) is 4.79 Å². The van der Waals surface area contributed by atoms with Crippen LogP contribution in [0.15, 0.2) is 47.3 Å². The molecule has 9 nitrogen and oxygen atoms in total. The number of rotatable bonds is 8. The third kappa shape index (κ3) is 9.27. The normalized spacial score (nSPS) is 41.0. The molecule has 0 bridgehead atoms. The molecule has 0 aromatic heterocycles. The van der Waals surface area contributed by atoms with Gasteiger partial charge in [-0.2, -0.15) is 0 Å². The molecule has 3 N–H and O–H groups in total. The molecule has 2 heterocycles. The van der Waals surface area contributed by atoms with Crippen molar-refractivity contribution in [3.63, 3.8) is 0 Å². The van der Waals surface area contributed by atoms with Crippen LogP contribution in [0.3, 0.4) is 0 Å². The smallest absolute Gasteiger partial charge is 0.373 e. The zero-order valence-electron chi connectivity index (χ0n) is 28.7. The average Bonchev–Trinajstić information content (AvgIpc) is 3.00. The van der Waals surface area contributed by atoms with Crippen molar-refractivity contribution in [3.8, 4) is 0 Å². The lowest BCUT2D eigenvalue weighted by molar-refractivity contribution is -0.333. The minimum absolute atomic E-state index is 0.00833. The summed E-state index contributed by atoms with van der Waals surface area (Å²) in [6.45, 7) is 15.4. The summed E-state index contributed by atoms with van der Waals surface area (Å²) >= 11 is 0. The molecule has 9 heteroatoms. The number of ether oxygens (including phenoxy) is 5. The number of aliphatic hydroxyl groups is 3. The Bertz CT molecular complexity index is 1050. The van der Waals surface area contributed by atoms with Crippen LogP contribution in [0.5, 0.6) is 0 Å². The first-order valence-corrected chi connectivity index (χ1v) is 15.9. The second kappa shape index (κ2) is 17.1. The minimum atomic E-state index is -1.24. The molecule has 252 valence electrons. The van der Waals surface area contributed by atoms with Crippen molar-refractivity contribution in [2.24, 2.45) is 29.6 Å². The molecule has 0 radical (unpaired) electrons. The van der Waals surface area contributed by atoms with Gasteiger partial charge in [0, 0.05) is 44.3 Å². The van der Waals surface area contributed by atoms with E-state index in [0.29, 0.717) is 12.8 Å². The van der Waals surface area contributed by atoms with Crippen LogP contribution in [0.2, 0.25) is 0 Å². The van der Waals surface area contributed by atoms with Crippen molar-refractivity contribution in [2.45, 2.75) is 117 Å². The van der Waals surface area contributed by atoms with Gasteiger partial charge in [0.25, 0.3) is 0 Å². The first-order chi connectivity index (χ1) is 20.7. The maximum absolute atomic E-state index is 13.5. The highest BCUT2D eigenvalue weighted by Gasteiger charge is 2.52. The van der Waals surface area contributed by atoms with Gasteiger partial charge in [-0.15, -0.1) is 0 Å². The molecule has 2 aliphatic heterocycles. The van der Waals surface area contributed by atoms with E-state index < -0.39 is 54.1 Å². The van der Waals surface area contributed by atoms with Gasteiger partial charge in [-0.05, 0) is 38.7 Å². The van der Waals surface area contributed by atoms with Gasteiger partial charge in [-0.1, -0.05) is 77.0 Å². The molecular formula is C35H58O9. The number of allylic oxidation sites excluding steroid dienone is 5. The fourth-order valence-corrected chi connectivity index (χ4v) is 6.60. The summed E-state index contributed by atoms with van der Waals surface area (Å²) in [5.41, 5.74) is 1.82. The topological polar surface area (TPSA) is 124 Å². The van der Waals surface area contributed by atoms with Crippen LogP contribution in [0.25, 0.3) is 0 Å². The number of carbonyl (C=O) groups is 1. The van der Waals surface area contributed by atoms with E-state index >= 15 is 0 Å². The van der Waals surface area contributed by atoms with E-state index in [0.717, 1.165) is 11.1 Å². The zero-order valence-corrected chi connectivity index (χ0v) is 28.7. The lowest BCUT2D eigenvalue weighted by atomic mass is 9.77. The summed E-state index contributed by atoms with van der Waals surface area (Å²) in [6.07, 6.45) is 6.50. The van der Waals surface area contributed by atoms with Crippen LogP contribution >= 0.6 is 0 Å². The van der Waals surface area contributed by atoms with Crippen molar-refractivity contribution < 1.29 is 43.8 Å². The number of methoxy groups -OCH3 is 3. The quantitative estimate of drug-likeness (QED) is 0.317. The van der Waals surface area contributed by atoms with Crippen molar-refractivity contribution in [2.75, 3.05) is 21.3 Å². The molecular weight excluding hydrogens is 564 g/mol. The molecule has 0 aromatic rings. The Balaban J connectivity index is 2.54. The number of hydrogen-bond donors (Lipinski definition) is 3. The van der Waals surface area contributed by atoms with E-state index in [1.807, 2.05) is 66.7 Å². The molecule has 0 spiro atoms. The summed E-state index contributed by atoms with van der Waals surface area (Å²) in [4.78, 5) is 13.5. The Morgan fingerprint density at radius 3 is 2.34 bits per heavy atom. The Morgan fingerprint density at radius 2 is 1.77 bits per heavy atom. The van der Waals surface area contributed by atoms with Gasteiger partial charge in [0.15, 0.2) is 5.79 Å². The molecule has 0 aliphatic carbocycles. The van der Waals surface area contributed by atoms with Crippen LogP contribution in [0.4, 0.5) is 0 Å². The van der Waals surface area contributed by atoms with Gasteiger partial charge < -0.3 is 39.0 Å². The largest absolute Gasteiger partial charge is 0.490 e. The number of hydrogen-bond acceptors (Lipinski definition) is 9. The molecule has 1 saturated heterocycles. The van der Waals surface area contributed by atoms with Gasteiger partial charge in [-0.3, -0.25) is 0 Å². The van der Waals surface area contributed by atoms with E-state index in [-0.39, 0.29) is 36.0 Å². The number of aliphatic hydroxyl groups excluding tert-OH is 3. The SMILES string of the molecule is CC[C@H]1O[C@@](OC)([C@@H](C)[C@H](O)[C@H](C)[C@H]2OC(=O)/C(OC)=C\C(C)=C/[C@@H](C)[C@@H](O)[C@@H](C)C/C(C)=C\C=C/[C@@H]2OC)C[C@@H](O)[C@@H]1C. The highest BCUT2D eigenvalue weighted by atomic mass is 16.7. The molecule has 2 aliphatic rings. The van der Waals surface area contributed by atoms with Crippen LogP contribution < -0.4 is 0 Å². The second-order valence-corrected chi connectivity index (χ2v) is 13.0. The van der Waals surface area contributed by atoms with E-state index in [4.69, 9.17) is 23.7 Å². The van der Waals surface area contributed by atoms with Crippen LogP contribution in [-0.2, 0) is 28.5 Å². The molecule has 12 atom stereocenters. The predicted octanol–water partition coefficient (Wildman–Crippen LogP) is 5.10. The van der Waals surface area contributed by atoms with Crippen molar-refractivity contribution in [1.82, 2.24) is 0 Å². The molecule has 0 unspecified atom stereocenters. The first-order valence-electron chi connectivity index (χ1n) is 15.9. The molecule has 0 saturated carbocycles. The van der Waals surface area contributed by atoms with Gasteiger partial charge in [0.1, 0.15) is 12.2 Å². The monoisotopic (exact) mass is 622 g/mol. The van der Waals surface area contributed by atoms with Crippen molar-refractivity contribution >= 4 is 5.97 Å². The van der Waals surface area contributed by atoms with E-state index in [1.54, 1.807) is 19.1 Å². The maximum atomic E-state index is 13.5. The van der Waals surface area contributed by atoms with Crippen molar-refractivity contribution in [3.05, 3.63) is 47.3 Å². The third-order valence-electron chi connectivity index (χ3n) is 9.64. The average molecular weight is 623 g/mol. The number of cyclic esters (lactones) is 1. The Labute approximate surface area is 264 Å². The summed E-state index contributed by atoms with van der Waals surface area (Å²) < 4.78 is 29.7. The highest BCUT2D eigenvalue weighted by molar-refractivity contribution is 5.87. The lowest BCUT2D eigenvalue weighted by Gasteiger charge is -2.50. The summed E-state index contributed by atoms with van der Waals surface area (Å²) in [5.74, 6) is -3.43. The van der Waals surface area contributed by atoms with Crippen molar-refractivity contribution in [1.29, 1.82) is 0 Å². The maximum Gasteiger partial charge on any atom is 0.373 e. The fraction of sp³-hybridized carbons (Fsp3) is 0.743. The van der Waals surface area contributed by atoms with E-state index in [9.17, 15) is 20.1 Å². The summed E-state index contributed by atoms with van der Waals surface area (Å²) in [7, 11) is 4.45. The lowest BCUT2D eigenvalue weighted by Crippen LogP contribution is -2.59. The Kier molecular flexibility index (Phi) is 14.8. The predicted molar refractivity (Wildman–Crippen MR) is 170 cm³/mol. The van der Waals surface area contributed by atoms with Gasteiger partial charge in [0.2, 0.25) is 5.76 Å². The van der Waals surface area contributed by atoms with E-state index in [2.05, 4.69) is 0 Å². The first kappa shape index (κ1) is 38.2. The second-order valence-electron chi connectivity index (χ2n) is 13.0. The standard InChI is InChI=1S/C35H58O9/c1-12-28-24(6)27(36)19-35(42-11,44-28)26(8)32(38)25(7)33-29(40-9)15-13-14-20(2)16-22(4)31(37)23(5)17-21(3)18-30(41-10)34(39)43-33/h13-15,17-18,22-29,31-33,36-38H,12,16,19H2,1-11H3/b15-13-,20-14-,21-17-,30-18+/t22-,23+,24-,25-,26-,27+,28+,29-,31-,32+,33+,35+/m0/s1. The molecule has 2 rings (SSSR count). The van der Waals surface area contributed by atoms with Crippen LogP contribution in [0, 0.1) is 29.6 Å². The molecule has 44 heavy (non-hydrogen) atoms. The zero-order chi connectivity index (χ0) is 33.4. The van der Waals surface area contributed by atoms with Gasteiger partial charge >= 0.3 is 5.97 Å². The fourth-order valence-electron chi connectivity index (χ4n) is 6.60. The van der Waals surface area contributed by atoms with Crippen LogP contribution in [0.1, 0.15) is 74.7 Å². The number of carbonyl (C=O) groups excluding carboxylic acids is 1. The van der Waals surface area contributed by atoms with Gasteiger partial charge in [0.05, 0.1) is 31.5 Å². The Morgan fingerprint density at radius 1 is 1.11 bits per heavy atom. The number of esters is 1. The molecule has 0 amide bonds. The summed E-state index contributed by atoms with van der Waals surface area (Å²) in [6, 6.07) is 0. The summed E-state index contributed by atoms with van der Waals surface area (Å²) in [5, 5.41) is 33.6. The highest BCUT2D eigenvalue weighted by Crippen LogP contribution is 2.42. The van der Waals surface area contributed by atoms with E-state index in [1.165, 1.54) is 21.3 Å². The Hall–Kier alpha value is -2.01. The minimum Gasteiger partial charge on any atom is -0.490 e. The van der Waals surface area contributed by atoms with Crippen LogP contribution in [-0.4, -0.2) is 85.0 Å². The third-order valence-corrected chi connectivity index (χ3v) is 9.64. The molecule has 1 fully saturated rings.